The Morgan fingerprint density at radius 1 is 0.943 bits per heavy atom. The minimum Gasteiger partial charge on any atom is -0.493 e. The van der Waals surface area contributed by atoms with Gasteiger partial charge in [0.05, 0.1) is 25.9 Å². The van der Waals surface area contributed by atoms with E-state index < -0.39 is 35.3 Å². The second-order valence-electron chi connectivity index (χ2n) is 13.4. The van der Waals surface area contributed by atoms with E-state index in [4.69, 9.17) is 14.2 Å². The molecule has 0 aliphatic heterocycles. The second-order valence-corrected chi connectivity index (χ2v) is 13.4. The third-order valence-electron chi connectivity index (χ3n) is 9.19. The summed E-state index contributed by atoms with van der Waals surface area (Å²) in [6.07, 6.45) is 15.5. The highest BCUT2D eigenvalue weighted by Crippen LogP contribution is 2.38. The zero-order valence-corrected chi connectivity index (χ0v) is 31.4. The van der Waals surface area contributed by atoms with Gasteiger partial charge in [0.15, 0.2) is 11.5 Å². The lowest BCUT2D eigenvalue weighted by molar-refractivity contribution is -0.757. The first-order valence-corrected chi connectivity index (χ1v) is 18.8. The topological polar surface area (TPSA) is 201 Å². The van der Waals surface area contributed by atoms with Crippen LogP contribution in [-0.2, 0) is 28.8 Å². The van der Waals surface area contributed by atoms with E-state index in [2.05, 4.69) is 17.1 Å². The molecule has 5 atom stereocenters. The summed E-state index contributed by atoms with van der Waals surface area (Å²) in [5.74, 6) is -1.05. The van der Waals surface area contributed by atoms with Crippen molar-refractivity contribution in [2.24, 2.45) is 11.8 Å². The van der Waals surface area contributed by atoms with Crippen molar-refractivity contribution < 1.29 is 53.5 Å². The molecule has 0 saturated heterocycles. The summed E-state index contributed by atoms with van der Waals surface area (Å²) in [6, 6.07) is 3.93. The normalized spacial score (nSPS) is 18.9. The lowest BCUT2D eigenvalue weighted by Crippen LogP contribution is -2.40. The molecule has 1 fully saturated rings. The maximum absolute atomic E-state index is 12.7. The maximum Gasteiger partial charge on any atom is 0.333 e. The number of allylic oxidation sites excluding steroid dienone is 2. The van der Waals surface area contributed by atoms with Gasteiger partial charge in [0.1, 0.15) is 18.4 Å². The third kappa shape index (κ3) is 18.3. The fraction of sp³-hybridized carbons (Fsp3) is 0.641. The van der Waals surface area contributed by atoms with Crippen molar-refractivity contribution in [2.45, 2.75) is 128 Å². The molecule has 0 aromatic heterocycles. The van der Waals surface area contributed by atoms with Gasteiger partial charge in [-0.05, 0) is 87.5 Å². The van der Waals surface area contributed by atoms with Crippen LogP contribution in [-0.4, -0.2) is 77.5 Å². The average Bonchev–Trinajstić information content (AvgIpc) is 3.39. The van der Waals surface area contributed by atoms with Crippen LogP contribution >= 0.6 is 0 Å². The molecule has 0 radical (unpaired) electrons. The SMILES string of the molecule is CCCCCCCC(=O)CC[C@@H]1[C@@H](CC=CCCCC(=O)NC(C)C(=O)Oc2ccc(C=CCOC(=O)CCCO[N+](=O)[O-])cc2OC)[C@@H](O)C[C@H]1O. The van der Waals surface area contributed by atoms with Gasteiger partial charge in [-0.3, -0.25) is 14.4 Å². The lowest BCUT2D eigenvalue weighted by atomic mass is 9.86. The number of ketones is 1. The van der Waals surface area contributed by atoms with Gasteiger partial charge in [-0.25, -0.2) is 4.79 Å². The van der Waals surface area contributed by atoms with Crippen LogP contribution in [0.5, 0.6) is 11.5 Å². The van der Waals surface area contributed by atoms with E-state index in [0.29, 0.717) is 50.5 Å². The molecule has 0 bridgehead atoms. The zero-order valence-electron chi connectivity index (χ0n) is 31.4. The number of carbonyl (C=O) groups is 4. The molecule has 1 aliphatic rings. The number of nitrogens with zero attached hydrogens (tertiary/aromatic N) is 1. The number of esters is 2. The minimum atomic E-state index is -0.921. The number of hydrogen-bond donors (Lipinski definition) is 3. The van der Waals surface area contributed by atoms with Crippen LogP contribution in [0, 0.1) is 22.0 Å². The Labute approximate surface area is 312 Å². The number of ether oxygens (including phenoxy) is 3. The standard InChI is InChI=1S/C39H58N2O12/c1-4-5-6-7-10-16-30(42)21-22-32-31(33(43)27-34(32)44)17-11-8-9-12-18-37(45)40-28(2)39(47)53-35-23-20-29(26-36(35)50-3)15-13-24-51-38(46)19-14-25-52-41(48)49/h8,11,13,15,20,23,26,28,31-34,43-44H,4-7,9-10,12,14,16-19,21-22,24-25,27H2,1-3H3,(H,40,45)/t28?,31-,32-,33+,34-/m1/s1. The Bertz CT molecular complexity index is 1360. The van der Waals surface area contributed by atoms with Gasteiger partial charge in [-0.1, -0.05) is 56.9 Å². The molecule has 1 saturated carbocycles. The van der Waals surface area contributed by atoms with Gasteiger partial charge < -0.3 is 34.6 Å². The molecule has 14 nitrogen and oxygen atoms in total. The summed E-state index contributed by atoms with van der Waals surface area (Å²) >= 11 is 0. The number of benzene rings is 1. The lowest BCUT2D eigenvalue weighted by Gasteiger charge is -2.22. The zero-order chi connectivity index (χ0) is 39.0. The summed E-state index contributed by atoms with van der Waals surface area (Å²) in [7, 11) is 1.42. The number of aliphatic hydroxyl groups is 2. The van der Waals surface area contributed by atoms with Crippen LogP contribution in [0.4, 0.5) is 0 Å². The van der Waals surface area contributed by atoms with Crippen LogP contribution < -0.4 is 14.8 Å². The number of aliphatic hydroxyl groups excluding tert-OH is 2. The first-order chi connectivity index (χ1) is 25.4. The third-order valence-corrected chi connectivity index (χ3v) is 9.19. The number of methoxy groups -OCH3 is 1. The highest BCUT2D eigenvalue weighted by atomic mass is 16.9. The highest BCUT2D eigenvalue weighted by Gasteiger charge is 2.40. The maximum atomic E-state index is 12.7. The first-order valence-electron chi connectivity index (χ1n) is 18.8. The van der Waals surface area contributed by atoms with Gasteiger partial charge >= 0.3 is 11.9 Å². The van der Waals surface area contributed by atoms with E-state index in [-0.39, 0.29) is 67.5 Å². The average molecular weight is 747 g/mol. The number of amides is 1. The molecule has 3 N–H and O–H groups in total. The predicted octanol–water partition coefficient (Wildman–Crippen LogP) is 5.83. The first kappa shape index (κ1) is 44.9. The second kappa shape index (κ2) is 25.6. The number of Topliss-reactive ketones (excluding diaryl/α,β-unsaturated/α-hetero) is 1. The van der Waals surface area contributed by atoms with Crippen LogP contribution in [0.1, 0.15) is 116 Å². The van der Waals surface area contributed by atoms with Gasteiger partial charge in [-0.2, -0.15) is 0 Å². The van der Waals surface area contributed by atoms with Crippen molar-refractivity contribution in [1.82, 2.24) is 5.32 Å². The minimum absolute atomic E-state index is 0.0129. The molecule has 53 heavy (non-hydrogen) atoms. The van der Waals surface area contributed by atoms with Crippen molar-refractivity contribution in [1.29, 1.82) is 0 Å². The van der Waals surface area contributed by atoms with Gasteiger partial charge in [0, 0.05) is 25.7 Å². The van der Waals surface area contributed by atoms with E-state index in [1.165, 1.54) is 26.9 Å². The summed E-state index contributed by atoms with van der Waals surface area (Å²) in [5, 5.41) is 32.9. The molecular formula is C39H58N2O12. The van der Waals surface area contributed by atoms with Crippen molar-refractivity contribution >= 4 is 29.7 Å². The number of nitrogens with one attached hydrogen (secondary N) is 1. The Morgan fingerprint density at radius 3 is 2.43 bits per heavy atom. The van der Waals surface area contributed by atoms with Crippen molar-refractivity contribution in [3.8, 4) is 11.5 Å². The molecule has 0 heterocycles. The van der Waals surface area contributed by atoms with Crippen LogP contribution in [0.2, 0.25) is 0 Å². The fourth-order valence-corrected chi connectivity index (χ4v) is 6.23. The van der Waals surface area contributed by atoms with E-state index in [0.717, 1.165) is 19.3 Å². The van der Waals surface area contributed by atoms with Gasteiger partial charge in [-0.15, -0.1) is 10.1 Å². The van der Waals surface area contributed by atoms with Crippen molar-refractivity contribution in [3.05, 3.63) is 52.1 Å². The molecule has 1 amide bonds. The van der Waals surface area contributed by atoms with Crippen molar-refractivity contribution in [3.63, 3.8) is 0 Å². The number of carbonyl (C=O) groups excluding carboxylic acids is 4. The monoisotopic (exact) mass is 746 g/mol. The Balaban J connectivity index is 1.70. The molecule has 296 valence electrons. The van der Waals surface area contributed by atoms with Crippen molar-refractivity contribution in [2.75, 3.05) is 20.3 Å². The smallest absolute Gasteiger partial charge is 0.333 e. The van der Waals surface area contributed by atoms with Gasteiger partial charge in [0.25, 0.3) is 5.09 Å². The Kier molecular flexibility index (Phi) is 21.7. The van der Waals surface area contributed by atoms with Crippen LogP contribution in [0.25, 0.3) is 6.08 Å². The van der Waals surface area contributed by atoms with Gasteiger partial charge in [0.2, 0.25) is 5.91 Å². The fourth-order valence-electron chi connectivity index (χ4n) is 6.23. The summed E-state index contributed by atoms with van der Waals surface area (Å²) in [4.78, 5) is 63.6. The van der Waals surface area contributed by atoms with Crippen LogP contribution in [0.3, 0.4) is 0 Å². The Hall–Kier alpha value is -4.30. The molecule has 1 aliphatic carbocycles. The molecule has 1 unspecified atom stereocenters. The molecule has 2 rings (SSSR count). The number of rotatable bonds is 27. The van der Waals surface area contributed by atoms with E-state index >= 15 is 0 Å². The summed E-state index contributed by atoms with van der Waals surface area (Å²) < 4.78 is 15.9. The van der Waals surface area contributed by atoms with E-state index in [1.54, 1.807) is 30.4 Å². The van der Waals surface area contributed by atoms with E-state index in [1.807, 2.05) is 12.2 Å². The number of hydrogen-bond acceptors (Lipinski definition) is 12. The molecule has 1 aromatic carbocycles. The van der Waals surface area contributed by atoms with Crippen LogP contribution in [0.15, 0.2) is 36.4 Å². The number of unbranched alkanes of at least 4 members (excludes halogenated alkanes) is 5. The molecule has 1 aromatic rings. The predicted molar refractivity (Wildman–Crippen MR) is 197 cm³/mol. The highest BCUT2D eigenvalue weighted by molar-refractivity contribution is 5.85. The summed E-state index contributed by atoms with van der Waals surface area (Å²) in [6.45, 7) is 3.49. The summed E-state index contributed by atoms with van der Waals surface area (Å²) in [5.41, 5.74) is 0.680. The Morgan fingerprint density at radius 2 is 1.70 bits per heavy atom. The largest absolute Gasteiger partial charge is 0.493 e. The molecular weight excluding hydrogens is 688 g/mol. The molecule has 0 spiro atoms. The van der Waals surface area contributed by atoms with E-state index in [9.17, 15) is 39.5 Å². The quantitative estimate of drug-likeness (QED) is 0.0243. The molecule has 14 heteroatoms.